The van der Waals surface area contributed by atoms with Gasteiger partial charge in [-0.3, -0.25) is 14.3 Å². The van der Waals surface area contributed by atoms with Gasteiger partial charge in [-0.1, -0.05) is 43.5 Å². The SMILES string of the molecule is CCCCn1c(=O)[nH]c(=O)c2c1nc(COc1cc(Cl)ccc1Cl)n2CCC. The van der Waals surface area contributed by atoms with Gasteiger partial charge in [0.2, 0.25) is 0 Å². The van der Waals surface area contributed by atoms with Crippen molar-refractivity contribution >= 4 is 34.4 Å². The lowest BCUT2D eigenvalue weighted by atomic mass is 10.3. The maximum absolute atomic E-state index is 12.5. The van der Waals surface area contributed by atoms with Crippen LogP contribution >= 0.6 is 23.2 Å². The van der Waals surface area contributed by atoms with E-state index < -0.39 is 11.2 Å². The summed E-state index contributed by atoms with van der Waals surface area (Å²) in [5.41, 5.74) is -0.127. The Kier molecular flexibility index (Phi) is 6.46. The van der Waals surface area contributed by atoms with E-state index in [0.717, 1.165) is 19.3 Å². The Morgan fingerprint density at radius 3 is 2.61 bits per heavy atom. The molecule has 2 heterocycles. The maximum atomic E-state index is 12.5. The Balaban J connectivity index is 2.07. The van der Waals surface area contributed by atoms with Gasteiger partial charge in [0.1, 0.15) is 18.2 Å². The number of rotatable bonds is 8. The van der Waals surface area contributed by atoms with E-state index in [-0.39, 0.29) is 6.61 Å². The average Bonchev–Trinajstić information content (AvgIpc) is 3.01. The fraction of sp³-hybridized carbons (Fsp3) is 0.421. The number of unbranched alkanes of at least 4 members (excludes halogenated alkanes) is 1. The van der Waals surface area contributed by atoms with Crippen LogP contribution in [0.4, 0.5) is 0 Å². The highest BCUT2D eigenvalue weighted by Crippen LogP contribution is 2.28. The number of halogens is 2. The molecule has 1 N–H and O–H groups in total. The summed E-state index contributed by atoms with van der Waals surface area (Å²) in [5.74, 6) is 0.982. The fourth-order valence-corrected chi connectivity index (χ4v) is 3.38. The van der Waals surface area contributed by atoms with Crippen molar-refractivity contribution in [2.75, 3.05) is 0 Å². The van der Waals surface area contributed by atoms with Crippen LogP contribution < -0.4 is 16.0 Å². The number of nitrogens with zero attached hydrogens (tertiary/aromatic N) is 3. The summed E-state index contributed by atoms with van der Waals surface area (Å²) in [6.45, 7) is 5.21. The number of hydrogen-bond acceptors (Lipinski definition) is 4. The van der Waals surface area contributed by atoms with E-state index in [1.54, 1.807) is 22.8 Å². The molecule has 9 heteroatoms. The zero-order valence-electron chi connectivity index (χ0n) is 15.8. The molecular formula is C19H22Cl2N4O3. The van der Waals surface area contributed by atoms with Gasteiger partial charge in [-0.2, -0.15) is 0 Å². The molecule has 0 amide bonds. The average molecular weight is 425 g/mol. The molecule has 0 radical (unpaired) electrons. The van der Waals surface area contributed by atoms with Crippen LogP contribution in [0.3, 0.4) is 0 Å². The van der Waals surface area contributed by atoms with E-state index in [0.29, 0.717) is 45.9 Å². The van der Waals surface area contributed by atoms with Gasteiger partial charge in [0.05, 0.1) is 5.02 Å². The van der Waals surface area contributed by atoms with Crippen LogP contribution in [-0.2, 0) is 19.7 Å². The molecule has 7 nitrogen and oxygen atoms in total. The Morgan fingerprint density at radius 2 is 1.89 bits per heavy atom. The third kappa shape index (κ3) is 4.10. The summed E-state index contributed by atoms with van der Waals surface area (Å²) < 4.78 is 9.13. The molecule has 150 valence electrons. The van der Waals surface area contributed by atoms with Crippen LogP contribution in [0, 0.1) is 0 Å². The molecule has 3 aromatic rings. The van der Waals surface area contributed by atoms with E-state index in [1.807, 2.05) is 13.8 Å². The second kappa shape index (κ2) is 8.84. The first-order valence-corrected chi connectivity index (χ1v) is 10.0. The van der Waals surface area contributed by atoms with E-state index in [1.165, 1.54) is 4.57 Å². The molecule has 0 aliphatic rings. The largest absolute Gasteiger partial charge is 0.484 e. The predicted octanol–water partition coefficient (Wildman–Crippen LogP) is 3.98. The van der Waals surface area contributed by atoms with Crippen LogP contribution in [0.15, 0.2) is 27.8 Å². The van der Waals surface area contributed by atoms with Crippen LogP contribution in [-0.4, -0.2) is 19.1 Å². The van der Waals surface area contributed by atoms with Crippen molar-refractivity contribution in [3.8, 4) is 5.75 Å². The second-order valence-electron chi connectivity index (χ2n) is 6.48. The topological polar surface area (TPSA) is 81.9 Å². The van der Waals surface area contributed by atoms with E-state index in [2.05, 4.69) is 9.97 Å². The summed E-state index contributed by atoms with van der Waals surface area (Å²) in [5, 5.41) is 0.937. The van der Waals surface area contributed by atoms with Gasteiger partial charge < -0.3 is 9.30 Å². The molecule has 0 aliphatic heterocycles. The van der Waals surface area contributed by atoms with Crippen LogP contribution in [0.25, 0.3) is 11.2 Å². The van der Waals surface area contributed by atoms with Crippen molar-refractivity contribution in [3.05, 3.63) is 54.9 Å². The minimum atomic E-state index is -0.447. The van der Waals surface area contributed by atoms with Crippen LogP contribution in [0.5, 0.6) is 5.75 Å². The molecule has 0 atom stereocenters. The zero-order valence-corrected chi connectivity index (χ0v) is 17.3. The highest BCUT2D eigenvalue weighted by Gasteiger charge is 2.18. The highest BCUT2D eigenvalue weighted by molar-refractivity contribution is 6.34. The molecule has 1 aromatic carbocycles. The van der Waals surface area contributed by atoms with Gasteiger partial charge in [0.25, 0.3) is 5.56 Å². The van der Waals surface area contributed by atoms with Crippen molar-refractivity contribution in [2.45, 2.75) is 52.8 Å². The van der Waals surface area contributed by atoms with Crippen LogP contribution in [0.2, 0.25) is 10.0 Å². The third-order valence-electron chi connectivity index (χ3n) is 4.40. The standard InChI is InChI=1S/C19H22Cl2N4O3/c1-3-5-9-25-17-16(18(26)23-19(25)27)24(8-4-2)15(22-17)11-28-14-10-12(20)6-7-13(14)21/h6-7,10H,3-5,8-9,11H2,1-2H3,(H,23,26,27). The first kappa shape index (κ1) is 20.5. The number of imidazole rings is 1. The zero-order chi connectivity index (χ0) is 20.3. The first-order valence-electron chi connectivity index (χ1n) is 9.26. The van der Waals surface area contributed by atoms with Crippen molar-refractivity contribution in [3.63, 3.8) is 0 Å². The maximum Gasteiger partial charge on any atom is 0.330 e. The number of H-pyrrole nitrogens is 1. The van der Waals surface area contributed by atoms with Crippen molar-refractivity contribution in [1.29, 1.82) is 0 Å². The number of aromatic amines is 1. The molecule has 0 saturated heterocycles. The van der Waals surface area contributed by atoms with Crippen molar-refractivity contribution < 1.29 is 4.74 Å². The van der Waals surface area contributed by atoms with Crippen molar-refractivity contribution in [1.82, 2.24) is 19.1 Å². The van der Waals surface area contributed by atoms with Gasteiger partial charge in [0, 0.05) is 24.2 Å². The number of aryl methyl sites for hydroxylation is 2. The molecule has 0 aliphatic carbocycles. The molecular weight excluding hydrogens is 403 g/mol. The van der Waals surface area contributed by atoms with Crippen LogP contribution in [0.1, 0.15) is 38.9 Å². The number of nitrogens with one attached hydrogen (secondary N) is 1. The summed E-state index contributed by atoms with van der Waals surface area (Å²) in [4.78, 5) is 31.8. The fourth-order valence-electron chi connectivity index (χ4n) is 3.05. The molecule has 2 aromatic heterocycles. The highest BCUT2D eigenvalue weighted by atomic mass is 35.5. The van der Waals surface area contributed by atoms with E-state index in [9.17, 15) is 9.59 Å². The van der Waals surface area contributed by atoms with Crippen molar-refractivity contribution in [2.24, 2.45) is 0 Å². The smallest absolute Gasteiger partial charge is 0.330 e. The molecule has 0 bridgehead atoms. The summed E-state index contributed by atoms with van der Waals surface area (Å²) in [7, 11) is 0. The Morgan fingerprint density at radius 1 is 1.11 bits per heavy atom. The first-order chi connectivity index (χ1) is 13.5. The third-order valence-corrected chi connectivity index (χ3v) is 4.94. The number of benzene rings is 1. The number of ether oxygens (including phenoxy) is 1. The molecule has 28 heavy (non-hydrogen) atoms. The Bertz CT molecular complexity index is 1100. The monoisotopic (exact) mass is 424 g/mol. The lowest BCUT2D eigenvalue weighted by Crippen LogP contribution is -2.31. The molecule has 0 fully saturated rings. The number of fused-ring (bicyclic) bond motifs is 1. The Hall–Kier alpha value is -2.25. The molecule has 0 unspecified atom stereocenters. The second-order valence-corrected chi connectivity index (χ2v) is 7.32. The lowest BCUT2D eigenvalue weighted by Gasteiger charge is -2.10. The van der Waals surface area contributed by atoms with E-state index in [4.69, 9.17) is 27.9 Å². The summed E-state index contributed by atoms with van der Waals surface area (Å²) >= 11 is 12.2. The minimum absolute atomic E-state index is 0.0934. The Labute approximate surface area is 171 Å². The van der Waals surface area contributed by atoms with Gasteiger partial charge in [-0.15, -0.1) is 0 Å². The molecule has 0 saturated carbocycles. The summed E-state index contributed by atoms with van der Waals surface area (Å²) in [6, 6.07) is 4.96. The van der Waals surface area contributed by atoms with Gasteiger partial charge in [-0.25, -0.2) is 9.78 Å². The molecule has 0 spiro atoms. The minimum Gasteiger partial charge on any atom is -0.484 e. The van der Waals surface area contributed by atoms with Gasteiger partial charge in [0.15, 0.2) is 11.2 Å². The normalized spacial score (nSPS) is 11.3. The van der Waals surface area contributed by atoms with Gasteiger partial charge >= 0.3 is 5.69 Å². The number of hydrogen-bond donors (Lipinski definition) is 1. The quantitative estimate of drug-likeness (QED) is 0.592. The number of aromatic nitrogens is 4. The lowest BCUT2D eigenvalue weighted by molar-refractivity contribution is 0.290. The predicted molar refractivity (Wildman–Crippen MR) is 111 cm³/mol. The van der Waals surface area contributed by atoms with E-state index >= 15 is 0 Å². The summed E-state index contributed by atoms with van der Waals surface area (Å²) in [6.07, 6.45) is 2.53. The van der Waals surface area contributed by atoms with Gasteiger partial charge in [-0.05, 0) is 25.0 Å². The molecule has 3 rings (SSSR count).